The molecule has 0 saturated carbocycles. The second-order valence-electron chi connectivity index (χ2n) is 4.55. The summed E-state index contributed by atoms with van der Waals surface area (Å²) in [5.74, 6) is 0.470. The van der Waals surface area contributed by atoms with Crippen LogP contribution in [0, 0.1) is 12.8 Å². The highest BCUT2D eigenvalue weighted by Crippen LogP contribution is 2.20. The summed E-state index contributed by atoms with van der Waals surface area (Å²) in [6.45, 7) is 10.5. The van der Waals surface area contributed by atoms with Gasteiger partial charge in [-0.1, -0.05) is 25.4 Å². The highest BCUT2D eigenvalue weighted by molar-refractivity contribution is 6.31. The predicted molar refractivity (Wildman–Crippen MR) is 73.8 cm³/mol. The van der Waals surface area contributed by atoms with Gasteiger partial charge in [-0.3, -0.25) is 4.68 Å². The van der Waals surface area contributed by atoms with Crippen molar-refractivity contribution in [1.82, 2.24) is 15.1 Å². The standard InChI is InChI=1S/C12H21Cl2N3/c1-5-17-11(12(14)9(4)16-17)7-15-6-10(13)8(2)3/h8,10,15H,5-7H2,1-4H3. The Morgan fingerprint density at radius 3 is 2.59 bits per heavy atom. The quantitative estimate of drug-likeness (QED) is 0.810. The molecule has 1 rings (SSSR count). The Hall–Kier alpha value is -0.250. The van der Waals surface area contributed by atoms with Crippen molar-refractivity contribution < 1.29 is 0 Å². The zero-order chi connectivity index (χ0) is 13.0. The number of hydrogen-bond donors (Lipinski definition) is 1. The summed E-state index contributed by atoms with van der Waals surface area (Å²) in [7, 11) is 0. The Labute approximate surface area is 113 Å². The number of halogens is 2. The number of alkyl halides is 1. The van der Waals surface area contributed by atoms with Crippen molar-refractivity contribution in [2.24, 2.45) is 5.92 Å². The van der Waals surface area contributed by atoms with E-state index in [1.165, 1.54) is 0 Å². The van der Waals surface area contributed by atoms with Crippen LogP contribution in [0.4, 0.5) is 0 Å². The third kappa shape index (κ3) is 3.87. The maximum atomic E-state index is 6.21. The van der Waals surface area contributed by atoms with E-state index >= 15 is 0 Å². The van der Waals surface area contributed by atoms with E-state index < -0.39 is 0 Å². The van der Waals surface area contributed by atoms with E-state index in [2.05, 4.69) is 31.2 Å². The molecule has 1 N–H and O–H groups in total. The molecule has 17 heavy (non-hydrogen) atoms. The van der Waals surface area contributed by atoms with Crippen LogP contribution < -0.4 is 5.32 Å². The Bertz CT molecular complexity index is 361. The second-order valence-corrected chi connectivity index (χ2v) is 5.49. The minimum atomic E-state index is 0.146. The molecule has 0 amide bonds. The molecule has 0 aliphatic rings. The smallest absolute Gasteiger partial charge is 0.0860 e. The minimum absolute atomic E-state index is 0.146. The molecular formula is C12H21Cl2N3. The molecule has 1 aromatic heterocycles. The van der Waals surface area contributed by atoms with E-state index in [4.69, 9.17) is 23.2 Å². The molecule has 0 aromatic carbocycles. The van der Waals surface area contributed by atoms with Gasteiger partial charge >= 0.3 is 0 Å². The Kier molecular flexibility index (Phi) is 5.77. The summed E-state index contributed by atoms with van der Waals surface area (Å²) in [4.78, 5) is 0. The van der Waals surface area contributed by atoms with Gasteiger partial charge in [0.2, 0.25) is 0 Å². The van der Waals surface area contributed by atoms with Crippen molar-refractivity contribution in [3.63, 3.8) is 0 Å². The van der Waals surface area contributed by atoms with Crippen molar-refractivity contribution in [3.05, 3.63) is 16.4 Å². The fourth-order valence-corrected chi connectivity index (χ4v) is 1.91. The fourth-order valence-electron chi connectivity index (χ4n) is 1.60. The normalized spacial score (nSPS) is 13.4. The number of nitrogens with one attached hydrogen (secondary N) is 1. The van der Waals surface area contributed by atoms with E-state index in [9.17, 15) is 0 Å². The van der Waals surface area contributed by atoms with Gasteiger partial charge in [-0.15, -0.1) is 11.6 Å². The highest BCUT2D eigenvalue weighted by atomic mass is 35.5. The number of rotatable bonds is 6. The zero-order valence-corrected chi connectivity index (χ0v) is 12.4. The summed E-state index contributed by atoms with van der Waals surface area (Å²) in [6.07, 6.45) is 0. The van der Waals surface area contributed by atoms with Crippen LogP contribution in [-0.2, 0) is 13.1 Å². The van der Waals surface area contributed by atoms with Crippen LogP contribution in [0.25, 0.3) is 0 Å². The van der Waals surface area contributed by atoms with Crippen molar-refractivity contribution in [2.45, 2.75) is 46.2 Å². The van der Waals surface area contributed by atoms with Gasteiger partial charge in [0, 0.05) is 25.0 Å². The van der Waals surface area contributed by atoms with Gasteiger partial charge in [0.15, 0.2) is 0 Å². The van der Waals surface area contributed by atoms with E-state index in [-0.39, 0.29) is 5.38 Å². The summed E-state index contributed by atoms with van der Waals surface area (Å²) in [5.41, 5.74) is 1.93. The maximum Gasteiger partial charge on any atom is 0.0860 e. The van der Waals surface area contributed by atoms with Crippen molar-refractivity contribution in [2.75, 3.05) is 6.54 Å². The molecule has 0 fully saturated rings. The molecule has 0 bridgehead atoms. The van der Waals surface area contributed by atoms with Gasteiger partial charge in [-0.25, -0.2) is 0 Å². The number of hydrogen-bond acceptors (Lipinski definition) is 2. The third-order valence-electron chi connectivity index (χ3n) is 2.81. The SMILES string of the molecule is CCn1nc(C)c(Cl)c1CNCC(Cl)C(C)C. The van der Waals surface area contributed by atoms with E-state index in [1.54, 1.807) is 0 Å². The molecule has 5 heteroatoms. The lowest BCUT2D eigenvalue weighted by Crippen LogP contribution is -2.27. The first-order valence-corrected chi connectivity index (χ1v) is 6.85. The van der Waals surface area contributed by atoms with Gasteiger partial charge in [-0.2, -0.15) is 5.10 Å². The van der Waals surface area contributed by atoms with Gasteiger partial charge in [0.25, 0.3) is 0 Å². The minimum Gasteiger partial charge on any atom is -0.310 e. The fraction of sp³-hybridized carbons (Fsp3) is 0.750. The van der Waals surface area contributed by atoms with Crippen LogP contribution >= 0.6 is 23.2 Å². The summed E-state index contributed by atoms with van der Waals surface area (Å²) >= 11 is 12.4. The molecule has 98 valence electrons. The lowest BCUT2D eigenvalue weighted by Gasteiger charge is -2.14. The van der Waals surface area contributed by atoms with Gasteiger partial charge in [0.1, 0.15) is 0 Å². The number of nitrogens with zero attached hydrogens (tertiary/aromatic N) is 2. The van der Waals surface area contributed by atoms with Crippen LogP contribution in [0.2, 0.25) is 5.02 Å². The molecule has 1 aromatic rings. The molecular weight excluding hydrogens is 257 g/mol. The molecule has 0 saturated heterocycles. The Balaban J connectivity index is 2.57. The van der Waals surface area contributed by atoms with Crippen LogP contribution in [0.3, 0.4) is 0 Å². The van der Waals surface area contributed by atoms with Gasteiger partial charge in [-0.05, 0) is 19.8 Å². The van der Waals surface area contributed by atoms with Gasteiger partial charge < -0.3 is 5.32 Å². The van der Waals surface area contributed by atoms with Crippen LogP contribution in [-0.4, -0.2) is 21.7 Å². The molecule has 0 radical (unpaired) electrons. The predicted octanol–water partition coefficient (Wildman–Crippen LogP) is 3.22. The number of aromatic nitrogens is 2. The molecule has 3 nitrogen and oxygen atoms in total. The van der Waals surface area contributed by atoms with E-state index in [0.29, 0.717) is 12.5 Å². The molecule has 1 atom stereocenters. The van der Waals surface area contributed by atoms with Crippen molar-refractivity contribution in [1.29, 1.82) is 0 Å². The molecule has 1 heterocycles. The highest BCUT2D eigenvalue weighted by Gasteiger charge is 2.13. The lowest BCUT2D eigenvalue weighted by atomic mass is 10.1. The first-order valence-electron chi connectivity index (χ1n) is 6.03. The molecule has 0 spiro atoms. The first-order chi connectivity index (χ1) is 7.97. The van der Waals surface area contributed by atoms with Crippen molar-refractivity contribution in [3.8, 4) is 0 Å². The average molecular weight is 278 g/mol. The second kappa shape index (κ2) is 6.62. The van der Waals surface area contributed by atoms with Crippen LogP contribution in [0.1, 0.15) is 32.2 Å². The van der Waals surface area contributed by atoms with E-state index in [0.717, 1.165) is 29.5 Å². The zero-order valence-electron chi connectivity index (χ0n) is 10.9. The largest absolute Gasteiger partial charge is 0.310 e. The third-order valence-corrected chi connectivity index (χ3v) is 3.96. The monoisotopic (exact) mass is 277 g/mol. The first kappa shape index (κ1) is 14.8. The molecule has 1 unspecified atom stereocenters. The Morgan fingerprint density at radius 1 is 1.41 bits per heavy atom. The summed E-state index contributed by atoms with van der Waals surface area (Å²) in [5, 5.41) is 8.61. The van der Waals surface area contributed by atoms with E-state index in [1.807, 2.05) is 11.6 Å². The summed E-state index contributed by atoms with van der Waals surface area (Å²) in [6, 6.07) is 0. The lowest BCUT2D eigenvalue weighted by molar-refractivity contribution is 0.526. The topological polar surface area (TPSA) is 29.9 Å². The van der Waals surface area contributed by atoms with Gasteiger partial charge in [0.05, 0.1) is 16.4 Å². The van der Waals surface area contributed by atoms with Crippen molar-refractivity contribution >= 4 is 23.2 Å². The maximum absolute atomic E-state index is 6.21. The average Bonchev–Trinajstić information content (AvgIpc) is 2.56. The Morgan fingerprint density at radius 2 is 2.06 bits per heavy atom. The van der Waals surface area contributed by atoms with Crippen LogP contribution in [0.15, 0.2) is 0 Å². The molecule has 0 aliphatic heterocycles. The summed E-state index contributed by atoms with van der Waals surface area (Å²) < 4.78 is 1.93. The molecule has 0 aliphatic carbocycles. The van der Waals surface area contributed by atoms with Crippen LogP contribution in [0.5, 0.6) is 0 Å². The number of aryl methyl sites for hydroxylation is 2.